The maximum Gasteiger partial charge on any atom is 0.391 e. The van der Waals surface area contributed by atoms with Crippen molar-refractivity contribution in [3.05, 3.63) is 18.2 Å². The highest BCUT2D eigenvalue weighted by Gasteiger charge is 2.42. The third kappa shape index (κ3) is 4.73. The van der Waals surface area contributed by atoms with Gasteiger partial charge in [-0.1, -0.05) is 0 Å². The molecular formula is C18H23F6N3. The molecule has 0 aromatic heterocycles. The van der Waals surface area contributed by atoms with Crippen LogP contribution in [0.5, 0.6) is 0 Å². The number of hydrogen-bond donors (Lipinski definition) is 1. The first-order valence-corrected chi connectivity index (χ1v) is 9.08. The van der Waals surface area contributed by atoms with E-state index >= 15 is 0 Å². The van der Waals surface area contributed by atoms with Crippen LogP contribution in [0.4, 0.5) is 43.4 Å². The normalized spacial score (nSPS) is 21.0. The van der Waals surface area contributed by atoms with Crippen molar-refractivity contribution >= 4 is 17.1 Å². The van der Waals surface area contributed by atoms with Crippen molar-refractivity contribution in [1.82, 2.24) is 0 Å². The number of nitrogens with zero attached hydrogens (tertiary/aromatic N) is 2. The lowest BCUT2D eigenvalue weighted by molar-refractivity contribution is -0.179. The van der Waals surface area contributed by atoms with Crippen LogP contribution in [0.25, 0.3) is 0 Å². The van der Waals surface area contributed by atoms with Crippen molar-refractivity contribution in [3.63, 3.8) is 0 Å². The quantitative estimate of drug-likeness (QED) is 0.575. The Kier molecular flexibility index (Phi) is 5.40. The summed E-state index contributed by atoms with van der Waals surface area (Å²) in [6, 6.07) is 5.23. The zero-order valence-corrected chi connectivity index (χ0v) is 14.8. The molecule has 2 aliphatic rings. The minimum Gasteiger partial charge on any atom is -0.399 e. The molecular weight excluding hydrogens is 372 g/mol. The van der Waals surface area contributed by atoms with Crippen molar-refractivity contribution in [2.24, 2.45) is 11.8 Å². The maximum atomic E-state index is 12.8. The summed E-state index contributed by atoms with van der Waals surface area (Å²) in [5.74, 6) is -2.56. The smallest absolute Gasteiger partial charge is 0.391 e. The fraction of sp³-hybridized carbons (Fsp3) is 0.667. The van der Waals surface area contributed by atoms with Gasteiger partial charge in [0.1, 0.15) is 0 Å². The lowest BCUT2D eigenvalue weighted by atomic mass is 9.95. The molecule has 0 bridgehead atoms. The summed E-state index contributed by atoms with van der Waals surface area (Å²) in [5.41, 5.74) is 7.86. The van der Waals surface area contributed by atoms with Gasteiger partial charge in [-0.05, 0) is 43.9 Å². The fourth-order valence-electron chi connectivity index (χ4n) is 3.91. The van der Waals surface area contributed by atoms with Gasteiger partial charge in [0.15, 0.2) is 0 Å². The number of rotatable bonds is 2. The Morgan fingerprint density at radius 1 is 0.667 bits per heavy atom. The molecule has 2 fully saturated rings. The second-order valence-electron chi connectivity index (χ2n) is 7.39. The number of nitrogen functional groups attached to an aromatic ring is 1. The van der Waals surface area contributed by atoms with E-state index in [1.54, 1.807) is 12.1 Å². The molecule has 0 spiro atoms. The number of benzene rings is 1. The van der Waals surface area contributed by atoms with Gasteiger partial charge >= 0.3 is 12.4 Å². The Bertz CT molecular complexity index is 589. The molecule has 2 saturated heterocycles. The van der Waals surface area contributed by atoms with Crippen molar-refractivity contribution in [2.45, 2.75) is 38.0 Å². The summed E-state index contributed by atoms with van der Waals surface area (Å²) in [4.78, 5) is 3.73. The van der Waals surface area contributed by atoms with Crippen LogP contribution in [0.2, 0.25) is 0 Å². The lowest BCUT2D eigenvalue weighted by Gasteiger charge is -2.37. The molecule has 0 unspecified atom stereocenters. The third-order valence-electron chi connectivity index (χ3n) is 5.57. The van der Waals surface area contributed by atoms with Crippen LogP contribution in [-0.4, -0.2) is 38.5 Å². The Labute approximate surface area is 154 Å². The second kappa shape index (κ2) is 7.31. The fourth-order valence-corrected chi connectivity index (χ4v) is 3.91. The molecule has 2 heterocycles. The Morgan fingerprint density at radius 2 is 1.00 bits per heavy atom. The summed E-state index contributed by atoms with van der Waals surface area (Å²) in [6.07, 6.45) is -8.21. The summed E-state index contributed by atoms with van der Waals surface area (Å²) >= 11 is 0. The van der Waals surface area contributed by atoms with Gasteiger partial charge in [-0.3, -0.25) is 0 Å². The lowest BCUT2D eigenvalue weighted by Crippen LogP contribution is -2.40. The summed E-state index contributed by atoms with van der Waals surface area (Å²) in [6.45, 7) is 1.12. The molecule has 0 amide bonds. The Balaban J connectivity index is 1.67. The molecule has 1 aromatic rings. The molecule has 27 heavy (non-hydrogen) atoms. The molecule has 3 nitrogen and oxygen atoms in total. The van der Waals surface area contributed by atoms with Crippen molar-refractivity contribution < 1.29 is 26.3 Å². The van der Waals surface area contributed by atoms with Crippen LogP contribution in [0.1, 0.15) is 25.7 Å². The third-order valence-corrected chi connectivity index (χ3v) is 5.57. The molecule has 152 valence electrons. The molecule has 9 heteroatoms. The van der Waals surface area contributed by atoms with Gasteiger partial charge in [-0.25, -0.2) is 0 Å². The van der Waals surface area contributed by atoms with E-state index in [-0.39, 0.29) is 51.9 Å². The van der Waals surface area contributed by atoms with Crippen LogP contribution in [0.3, 0.4) is 0 Å². The van der Waals surface area contributed by atoms with Crippen LogP contribution in [0.15, 0.2) is 18.2 Å². The van der Waals surface area contributed by atoms with Gasteiger partial charge in [0.05, 0.1) is 11.8 Å². The first kappa shape index (κ1) is 19.9. The molecule has 0 radical (unpaired) electrons. The van der Waals surface area contributed by atoms with Crippen LogP contribution >= 0.6 is 0 Å². The molecule has 2 aliphatic heterocycles. The molecule has 2 N–H and O–H groups in total. The van der Waals surface area contributed by atoms with Crippen molar-refractivity contribution in [2.75, 3.05) is 41.7 Å². The van der Waals surface area contributed by atoms with Crippen LogP contribution < -0.4 is 15.5 Å². The van der Waals surface area contributed by atoms with Gasteiger partial charge < -0.3 is 15.5 Å². The predicted octanol–water partition coefficient (Wildman–Crippen LogP) is 4.83. The molecule has 1 aromatic carbocycles. The Morgan fingerprint density at radius 3 is 1.30 bits per heavy atom. The second-order valence-corrected chi connectivity index (χ2v) is 7.39. The minimum atomic E-state index is -4.17. The monoisotopic (exact) mass is 395 g/mol. The SMILES string of the molecule is Nc1cc(N2CCC(C(F)(F)F)CC2)cc(N2CCC(C(F)(F)F)CC2)c1. The van der Waals surface area contributed by atoms with Crippen LogP contribution in [0, 0.1) is 11.8 Å². The van der Waals surface area contributed by atoms with Gasteiger partial charge in [0.2, 0.25) is 0 Å². The van der Waals surface area contributed by atoms with E-state index in [0.29, 0.717) is 5.69 Å². The van der Waals surface area contributed by atoms with E-state index in [4.69, 9.17) is 5.73 Å². The first-order chi connectivity index (χ1) is 12.5. The average molecular weight is 395 g/mol. The highest BCUT2D eigenvalue weighted by atomic mass is 19.4. The topological polar surface area (TPSA) is 32.5 Å². The number of nitrogens with two attached hydrogens (primary N) is 1. The van der Waals surface area contributed by atoms with Gasteiger partial charge in [0, 0.05) is 43.2 Å². The van der Waals surface area contributed by atoms with Crippen LogP contribution in [-0.2, 0) is 0 Å². The maximum absolute atomic E-state index is 12.8. The largest absolute Gasteiger partial charge is 0.399 e. The Hall–Kier alpha value is -1.80. The highest BCUT2D eigenvalue weighted by molar-refractivity contribution is 5.67. The number of piperidine rings is 2. The first-order valence-electron chi connectivity index (χ1n) is 9.08. The summed E-state index contributed by atoms with van der Waals surface area (Å²) in [5, 5.41) is 0. The van der Waals surface area contributed by atoms with Crippen molar-refractivity contribution in [1.29, 1.82) is 0 Å². The highest BCUT2D eigenvalue weighted by Crippen LogP contribution is 2.38. The van der Waals surface area contributed by atoms with Gasteiger partial charge in [0.25, 0.3) is 0 Å². The van der Waals surface area contributed by atoms with E-state index < -0.39 is 24.2 Å². The molecule has 0 aliphatic carbocycles. The molecule has 3 rings (SSSR count). The summed E-state index contributed by atoms with van der Waals surface area (Å²) < 4.78 is 77.0. The predicted molar refractivity (Wildman–Crippen MR) is 92.8 cm³/mol. The van der Waals surface area contributed by atoms with Crippen molar-refractivity contribution in [3.8, 4) is 0 Å². The minimum absolute atomic E-state index is 0.0324. The number of alkyl halides is 6. The summed E-state index contributed by atoms with van der Waals surface area (Å²) in [7, 11) is 0. The van der Waals surface area contributed by atoms with Gasteiger partial charge in [-0.2, -0.15) is 26.3 Å². The average Bonchev–Trinajstić information content (AvgIpc) is 2.60. The number of hydrogen-bond acceptors (Lipinski definition) is 3. The number of anilines is 3. The van der Waals surface area contributed by atoms with Gasteiger partial charge in [-0.15, -0.1) is 0 Å². The molecule has 0 atom stereocenters. The zero-order valence-electron chi connectivity index (χ0n) is 14.8. The van der Waals surface area contributed by atoms with E-state index in [1.807, 2.05) is 15.9 Å². The van der Waals surface area contributed by atoms with E-state index in [0.717, 1.165) is 11.4 Å². The molecule has 0 saturated carbocycles. The van der Waals surface area contributed by atoms with E-state index in [1.165, 1.54) is 0 Å². The zero-order chi connectivity index (χ0) is 19.8. The standard InChI is InChI=1S/C18H23F6N3/c19-17(20,21)12-1-5-26(6-2-12)15-9-14(25)10-16(11-15)27-7-3-13(4-8-27)18(22,23)24/h9-13H,1-8,25H2. The number of halogens is 6. The van der Waals surface area contributed by atoms with E-state index in [9.17, 15) is 26.3 Å². The van der Waals surface area contributed by atoms with E-state index in [2.05, 4.69) is 0 Å².